The van der Waals surface area contributed by atoms with Crippen molar-refractivity contribution in [3.05, 3.63) is 0 Å². The van der Waals surface area contributed by atoms with E-state index in [-0.39, 0.29) is 24.9 Å². The molecule has 2 heterocycles. The summed E-state index contributed by atoms with van der Waals surface area (Å²) in [5, 5.41) is 10.7. The van der Waals surface area contributed by atoms with Gasteiger partial charge in [0.25, 0.3) is 0 Å². The number of carbonyl (C=O) groups is 1. The molecule has 0 aliphatic carbocycles. The zero-order chi connectivity index (χ0) is 22.9. The summed E-state index contributed by atoms with van der Waals surface area (Å²) in [5.41, 5.74) is 5.95. The summed E-state index contributed by atoms with van der Waals surface area (Å²) in [6, 6.07) is -1.01. The van der Waals surface area contributed by atoms with Gasteiger partial charge >= 0.3 is 13.8 Å². The van der Waals surface area contributed by atoms with Gasteiger partial charge in [0.05, 0.1) is 36.6 Å². The predicted molar refractivity (Wildman–Crippen MR) is 102 cm³/mol. The number of carbonyl (C=O) groups excluding carboxylic acids is 1. The molecule has 0 bridgehead atoms. The molecule has 2 fully saturated rings. The van der Waals surface area contributed by atoms with Gasteiger partial charge in [0.15, 0.2) is 6.10 Å². The van der Waals surface area contributed by atoms with E-state index in [0.717, 1.165) is 0 Å². The Labute approximate surface area is 176 Å². The standard InChI is InChI=1S/C18H34NO10P/c1-9(2)24-8-18(21)16(14(19)12(6)27-18)28-30(22,23)29-17(20)15-13(25-10(3)4)7-11(5)26-15/h9-16,21H,7-8,19H2,1-6H3,(H,22,23)/p-1/t11-,12-,13+,14?,15-,16+,18+/m0/s1. The van der Waals surface area contributed by atoms with Crippen LogP contribution in [0.5, 0.6) is 0 Å². The minimum atomic E-state index is -5.23. The second-order valence-corrected chi connectivity index (χ2v) is 9.60. The van der Waals surface area contributed by atoms with Crippen LogP contribution in [-0.2, 0) is 37.4 Å². The van der Waals surface area contributed by atoms with Crippen molar-refractivity contribution >= 4 is 13.8 Å². The summed E-state index contributed by atoms with van der Waals surface area (Å²) in [6.07, 6.45) is -4.49. The van der Waals surface area contributed by atoms with E-state index in [4.69, 9.17) is 29.2 Å². The molecule has 11 nitrogen and oxygen atoms in total. The molecule has 2 unspecified atom stereocenters. The Hall–Kier alpha value is -0.620. The Balaban J connectivity index is 2.08. The molecular weight excluding hydrogens is 421 g/mol. The summed E-state index contributed by atoms with van der Waals surface area (Å²) >= 11 is 0. The molecule has 0 aromatic carbocycles. The van der Waals surface area contributed by atoms with Crippen LogP contribution in [0.1, 0.15) is 48.0 Å². The van der Waals surface area contributed by atoms with Gasteiger partial charge in [-0.3, -0.25) is 9.09 Å². The lowest BCUT2D eigenvalue weighted by molar-refractivity contribution is -0.273. The zero-order valence-corrected chi connectivity index (χ0v) is 19.1. The molecule has 0 amide bonds. The first-order valence-corrected chi connectivity index (χ1v) is 11.5. The van der Waals surface area contributed by atoms with Crippen molar-refractivity contribution in [2.45, 2.75) is 103 Å². The third-order valence-electron chi connectivity index (χ3n) is 4.75. The van der Waals surface area contributed by atoms with Crippen LogP contribution in [0.25, 0.3) is 0 Å². The van der Waals surface area contributed by atoms with Gasteiger partial charge in [0.2, 0.25) is 5.79 Å². The van der Waals surface area contributed by atoms with Gasteiger partial charge in [-0.2, -0.15) is 0 Å². The lowest BCUT2D eigenvalue weighted by Gasteiger charge is -2.34. The van der Waals surface area contributed by atoms with E-state index in [1.54, 1.807) is 41.5 Å². The number of hydrogen-bond acceptors (Lipinski definition) is 11. The maximum absolute atomic E-state index is 12.5. The average Bonchev–Trinajstić information content (AvgIpc) is 3.05. The quantitative estimate of drug-likeness (QED) is 0.459. The van der Waals surface area contributed by atoms with Crippen molar-refractivity contribution in [3.8, 4) is 0 Å². The molecule has 30 heavy (non-hydrogen) atoms. The lowest BCUT2D eigenvalue weighted by Crippen LogP contribution is -2.51. The number of phosphoric acid groups is 1. The topological polar surface area (TPSA) is 159 Å². The van der Waals surface area contributed by atoms with Crippen LogP contribution >= 0.6 is 7.82 Å². The van der Waals surface area contributed by atoms with Crippen molar-refractivity contribution in [3.63, 3.8) is 0 Å². The molecule has 3 N–H and O–H groups in total. The minimum absolute atomic E-state index is 0.194. The second-order valence-electron chi connectivity index (χ2n) is 8.31. The van der Waals surface area contributed by atoms with Crippen LogP contribution in [0, 0.1) is 0 Å². The highest BCUT2D eigenvalue weighted by Crippen LogP contribution is 2.46. The van der Waals surface area contributed by atoms with Crippen LogP contribution in [0.3, 0.4) is 0 Å². The molecule has 0 radical (unpaired) electrons. The van der Waals surface area contributed by atoms with Crippen LogP contribution in [0.15, 0.2) is 0 Å². The van der Waals surface area contributed by atoms with Crippen LogP contribution in [0.4, 0.5) is 0 Å². The van der Waals surface area contributed by atoms with Crippen LogP contribution in [0.2, 0.25) is 0 Å². The summed E-state index contributed by atoms with van der Waals surface area (Å²) < 4.78 is 43.9. The van der Waals surface area contributed by atoms with E-state index in [1.165, 1.54) is 0 Å². The van der Waals surface area contributed by atoms with E-state index >= 15 is 0 Å². The fourth-order valence-electron chi connectivity index (χ4n) is 3.42. The normalized spacial score (nSPS) is 38.9. The monoisotopic (exact) mass is 454 g/mol. The summed E-state index contributed by atoms with van der Waals surface area (Å²) in [6.45, 7) is 9.95. The number of hydrogen-bond donors (Lipinski definition) is 2. The highest BCUT2D eigenvalue weighted by Gasteiger charge is 2.55. The molecule has 0 aromatic rings. The molecule has 0 aromatic heterocycles. The van der Waals surface area contributed by atoms with Crippen LogP contribution in [-0.4, -0.2) is 72.2 Å². The third-order valence-corrected chi connectivity index (χ3v) is 5.64. The maximum Gasteiger partial charge on any atom is 0.343 e. The highest BCUT2D eigenvalue weighted by molar-refractivity contribution is 7.46. The molecule has 12 heteroatoms. The summed E-state index contributed by atoms with van der Waals surface area (Å²) in [5.74, 6) is -3.29. The van der Waals surface area contributed by atoms with Crippen molar-refractivity contribution in [2.24, 2.45) is 5.73 Å². The van der Waals surface area contributed by atoms with E-state index in [9.17, 15) is 19.4 Å². The number of rotatable bonds is 9. The first kappa shape index (κ1) is 25.6. The van der Waals surface area contributed by atoms with Crippen molar-refractivity contribution in [1.82, 2.24) is 0 Å². The van der Waals surface area contributed by atoms with Gasteiger partial charge in [-0.1, -0.05) is 0 Å². The Bertz CT molecular complexity index is 646. The van der Waals surface area contributed by atoms with Gasteiger partial charge in [0, 0.05) is 6.42 Å². The number of phosphoric ester groups is 1. The van der Waals surface area contributed by atoms with Gasteiger partial charge in [0.1, 0.15) is 12.7 Å². The van der Waals surface area contributed by atoms with Crippen molar-refractivity contribution in [2.75, 3.05) is 6.61 Å². The molecule has 8 atom stereocenters. The predicted octanol–water partition coefficient (Wildman–Crippen LogP) is 0.214. The van der Waals surface area contributed by atoms with Gasteiger partial charge < -0.3 is 39.2 Å². The summed E-state index contributed by atoms with van der Waals surface area (Å²) in [4.78, 5) is 24.9. The highest BCUT2D eigenvalue weighted by atomic mass is 31.2. The smallest absolute Gasteiger partial charge is 0.343 e. The zero-order valence-electron chi connectivity index (χ0n) is 18.2. The van der Waals surface area contributed by atoms with Gasteiger partial charge in [-0.05, 0) is 41.5 Å². The Kier molecular flexibility index (Phi) is 8.45. The Morgan fingerprint density at radius 2 is 1.93 bits per heavy atom. The van der Waals surface area contributed by atoms with Gasteiger partial charge in [-0.15, -0.1) is 0 Å². The molecule has 176 valence electrons. The Morgan fingerprint density at radius 3 is 2.50 bits per heavy atom. The van der Waals surface area contributed by atoms with E-state index in [0.29, 0.717) is 6.42 Å². The molecule has 0 saturated carbocycles. The summed E-state index contributed by atoms with van der Waals surface area (Å²) in [7, 11) is -5.23. The number of ether oxygens (including phenoxy) is 4. The SMILES string of the molecule is CC(C)OC[C@@]1(O)O[C@@H](C)C(N)[C@H]1OP(=O)([O-])OC(=O)[C@H]1O[C@@H](C)C[C@H]1OC(C)C. The lowest BCUT2D eigenvalue weighted by atomic mass is 10.0. The molecular formula is C18H33NO10P-. The second kappa shape index (κ2) is 9.89. The molecule has 0 spiro atoms. The first-order valence-electron chi connectivity index (χ1n) is 10.0. The van der Waals surface area contributed by atoms with Crippen LogP contribution < -0.4 is 10.6 Å². The third kappa shape index (κ3) is 6.44. The van der Waals surface area contributed by atoms with Gasteiger partial charge in [-0.25, -0.2) is 4.79 Å². The first-order chi connectivity index (χ1) is 13.7. The van der Waals surface area contributed by atoms with E-state index in [1.807, 2.05) is 0 Å². The average molecular weight is 454 g/mol. The number of nitrogens with two attached hydrogens (primary N) is 1. The fraction of sp³-hybridized carbons (Fsp3) is 0.944. The fourth-order valence-corrected chi connectivity index (χ4v) is 4.37. The molecule has 2 saturated heterocycles. The molecule has 2 aliphatic rings. The van der Waals surface area contributed by atoms with E-state index < -0.39 is 50.0 Å². The largest absolute Gasteiger partial charge is 0.746 e. The Morgan fingerprint density at radius 1 is 1.30 bits per heavy atom. The van der Waals surface area contributed by atoms with Crippen molar-refractivity contribution in [1.29, 1.82) is 0 Å². The van der Waals surface area contributed by atoms with E-state index in [2.05, 4.69) is 4.52 Å². The van der Waals surface area contributed by atoms with Crippen molar-refractivity contribution < 1.29 is 47.4 Å². The number of aliphatic hydroxyl groups is 1. The molecule has 2 rings (SSSR count). The minimum Gasteiger partial charge on any atom is -0.746 e. The molecule has 2 aliphatic heterocycles. The maximum atomic E-state index is 12.5.